The first kappa shape index (κ1) is 22.8. The van der Waals surface area contributed by atoms with E-state index in [0.717, 1.165) is 11.1 Å². The molecule has 1 aromatic heterocycles. The zero-order valence-electron chi connectivity index (χ0n) is 18.7. The van der Waals surface area contributed by atoms with Crippen LogP contribution in [0.1, 0.15) is 44.5 Å². The fourth-order valence-electron chi connectivity index (χ4n) is 3.09. The monoisotopic (exact) mass is 424 g/mol. The Morgan fingerprint density at radius 1 is 1.10 bits per heavy atom. The second-order valence-electron chi connectivity index (χ2n) is 8.63. The van der Waals surface area contributed by atoms with Crippen LogP contribution in [0.2, 0.25) is 0 Å². The number of carbonyl (C=O) groups excluding carboxylic acids is 1. The third-order valence-electron chi connectivity index (χ3n) is 5.70. The van der Waals surface area contributed by atoms with E-state index in [1.165, 1.54) is 6.07 Å². The predicted molar refractivity (Wildman–Crippen MR) is 120 cm³/mol. The minimum atomic E-state index is -0.647. The van der Waals surface area contributed by atoms with Crippen LogP contribution in [0.5, 0.6) is 0 Å². The lowest BCUT2D eigenvalue weighted by Crippen LogP contribution is -2.41. The van der Waals surface area contributed by atoms with Crippen LogP contribution in [0.15, 0.2) is 52.7 Å². The maximum atomic E-state index is 12.3. The standard InChI is InChI=1S/C23H29BN2O5/c1-16-18(11-12-20(27)26-16)13-19(24-30-22(2,3)23(4,5)31-24)14-25-21(28)29-15-17-9-7-6-8-10-17/h6-13H,14-15H2,1-5H3,(H,25,28)(H,26,27). The highest BCUT2D eigenvalue weighted by Gasteiger charge is 2.52. The summed E-state index contributed by atoms with van der Waals surface area (Å²) in [4.78, 5) is 26.6. The first-order chi connectivity index (χ1) is 14.6. The summed E-state index contributed by atoms with van der Waals surface area (Å²) in [5.41, 5.74) is 1.93. The fourth-order valence-corrected chi connectivity index (χ4v) is 3.09. The first-order valence-corrected chi connectivity index (χ1v) is 10.3. The molecule has 0 saturated carbocycles. The molecule has 8 heteroatoms. The van der Waals surface area contributed by atoms with Gasteiger partial charge in [0, 0.05) is 18.3 Å². The van der Waals surface area contributed by atoms with E-state index in [1.807, 2.05) is 71.0 Å². The second-order valence-corrected chi connectivity index (χ2v) is 8.63. The molecule has 164 valence electrons. The Morgan fingerprint density at radius 2 is 1.74 bits per heavy atom. The Morgan fingerprint density at radius 3 is 2.35 bits per heavy atom. The molecule has 2 N–H and O–H groups in total. The van der Waals surface area contributed by atoms with Crippen LogP contribution < -0.4 is 10.9 Å². The minimum Gasteiger partial charge on any atom is -0.445 e. The van der Waals surface area contributed by atoms with Gasteiger partial charge in [-0.2, -0.15) is 0 Å². The van der Waals surface area contributed by atoms with E-state index in [4.69, 9.17) is 14.0 Å². The summed E-state index contributed by atoms with van der Waals surface area (Å²) in [6, 6.07) is 12.7. The molecule has 1 aliphatic heterocycles. The largest absolute Gasteiger partial charge is 0.492 e. The van der Waals surface area contributed by atoms with Crippen molar-refractivity contribution in [2.45, 2.75) is 52.4 Å². The van der Waals surface area contributed by atoms with E-state index in [9.17, 15) is 9.59 Å². The van der Waals surface area contributed by atoms with Gasteiger partial charge in [0.05, 0.1) is 11.2 Å². The van der Waals surface area contributed by atoms with E-state index in [1.54, 1.807) is 6.07 Å². The van der Waals surface area contributed by atoms with Crippen molar-refractivity contribution >= 4 is 19.3 Å². The molecule has 2 heterocycles. The maximum absolute atomic E-state index is 12.3. The molecule has 1 aromatic carbocycles. The van der Waals surface area contributed by atoms with Gasteiger partial charge >= 0.3 is 13.2 Å². The molecule has 1 saturated heterocycles. The van der Waals surface area contributed by atoms with Gasteiger partial charge in [0.2, 0.25) is 5.56 Å². The molecule has 0 atom stereocenters. The molecule has 31 heavy (non-hydrogen) atoms. The van der Waals surface area contributed by atoms with Gasteiger partial charge in [-0.15, -0.1) is 0 Å². The second kappa shape index (κ2) is 9.12. The highest BCUT2D eigenvalue weighted by atomic mass is 16.7. The number of aromatic amines is 1. The summed E-state index contributed by atoms with van der Waals surface area (Å²) in [5.74, 6) is 0. The van der Waals surface area contributed by atoms with Crippen LogP contribution in [0, 0.1) is 6.92 Å². The van der Waals surface area contributed by atoms with Gasteiger partial charge in [-0.05, 0) is 57.3 Å². The van der Waals surface area contributed by atoms with E-state index in [-0.39, 0.29) is 18.7 Å². The Balaban J connectivity index is 1.75. The van der Waals surface area contributed by atoms with E-state index < -0.39 is 24.4 Å². The molecular formula is C23H29BN2O5. The number of pyridine rings is 1. The molecular weight excluding hydrogens is 395 g/mol. The van der Waals surface area contributed by atoms with Crippen molar-refractivity contribution in [3.63, 3.8) is 0 Å². The zero-order valence-corrected chi connectivity index (χ0v) is 18.7. The van der Waals surface area contributed by atoms with Gasteiger partial charge in [-0.1, -0.05) is 36.4 Å². The van der Waals surface area contributed by atoms with Crippen LogP contribution in [0.25, 0.3) is 6.08 Å². The average Bonchev–Trinajstić information content (AvgIpc) is 2.93. The normalized spacial score (nSPS) is 17.5. The van der Waals surface area contributed by atoms with Gasteiger partial charge in [-0.25, -0.2) is 4.79 Å². The number of hydrogen-bond donors (Lipinski definition) is 2. The highest BCUT2D eigenvalue weighted by Crippen LogP contribution is 2.38. The third kappa shape index (κ3) is 5.65. The Kier molecular flexibility index (Phi) is 6.72. The maximum Gasteiger partial charge on any atom is 0.492 e. The van der Waals surface area contributed by atoms with Gasteiger partial charge < -0.3 is 24.3 Å². The number of nitrogens with one attached hydrogen (secondary N) is 2. The summed E-state index contributed by atoms with van der Waals surface area (Å²) in [5, 5.41) is 2.77. The number of hydrogen-bond acceptors (Lipinski definition) is 5. The number of alkyl carbamates (subject to hydrolysis) is 1. The van der Waals surface area contributed by atoms with Crippen molar-refractivity contribution in [1.29, 1.82) is 0 Å². The molecule has 0 spiro atoms. The average molecular weight is 424 g/mol. The number of aryl methyl sites for hydroxylation is 1. The van der Waals surface area contributed by atoms with Crippen molar-refractivity contribution in [2.24, 2.45) is 0 Å². The molecule has 1 amide bonds. The SMILES string of the molecule is Cc1[nH]c(=O)ccc1C=C(CNC(=O)OCc1ccccc1)B1OC(C)(C)C(C)(C)O1. The van der Waals surface area contributed by atoms with Crippen molar-refractivity contribution in [1.82, 2.24) is 10.3 Å². The molecule has 0 bridgehead atoms. The number of aromatic nitrogens is 1. The van der Waals surface area contributed by atoms with E-state index >= 15 is 0 Å². The molecule has 1 aliphatic rings. The number of rotatable bonds is 6. The van der Waals surface area contributed by atoms with Gasteiger partial charge in [0.1, 0.15) is 6.61 Å². The number of amides is 1. The lowest BCUT2D eigenvalue weighted by Gasteiger charge is -2.32. The van der Waals surface area contributed by atoms with Crippen LogP contribution in [0.3, 0.4) is 0 Å². The quantitative estimate of drug-likeness (QED) is 0.692. The van der Waals surface area contributed by atoms with Crippen LogP contribution >= 0.6 is 0 Å². The Bertz CT molecular complexity index is 998. The Labute approximate surface area is 182 Å². The molecule has 2 aromatic rings. The summed E-state index contributed by atoms with van der Waals surface area (Å²) in [6.07, 6.45) is 1.33. The predicted octanol–water partition coefficient (Wildman–Crippen LogP) is 3.62. The van der Waals surface area contributed by atoms with Crippen LogP contribution in [0.4, 0.5) is 4.79 Å². The van der Waals surface area contributed by atoms with Gasteiger partial charge in [-0.3, -0.25) is 4.79 Å². The zero-order chi connectivity index (χ0) is 22.6. The molecule has 0 aliphatic carbocycles. The smallest absolute Gasteiger partial charge is 0.445 e. The van der Waals surface area contributed by atoms with E-state index in [0.29, 0.717) is 11.2 Å². The minimum absolute atomic E-state index is 0.170. The van der Waals surface area contributed by atoms with Crippen molar-refractivity contribution in [3.05, 3.63) is 75.1 Å². The summed E-state index contributed by atoms with van der Waals surface area (Å²) >= 11 is 0. The number of benzene rings is 1. The fraction of sp³-hybridized carbons (Fsp3) is 0.391. The topological polar surface area (TPSA) is 89.7 Å². The lowest BCUT2D eigenvalue weighted by molar-refractivity contribution is 0.00578. The molecule has 7 nitrogen and oxygen atoms in total. The Hall–Kier alpha value is -2.84. The van der Waals surface area contributed by atoms with Gasteiger partial charge in [0.25, 0.3) is 0 Å². The van der Waals surface area contributed by atoms with Crippen molar-refractivity contribution < 1.29 is 18.8 Å². The van der Waals surface area contributed by atoms with Crippen LogP contribution in [-0.4, -0.2) is 35.9 Å². The van der Waals surface area contributed by atoms with Gasteiger partial charge in [0.15, 0.2) is 0 Å². The molecule has 0 unspecified atom stereocenters. The summed E-state index contributed by atoms with van der Waals surface area (Å²) in [6.45, 7) is 10.0. The van der Waals surface area contributed by atoms with Crippen molar-refractivity contribution in [2.75, 3.05) is 6.54 Å². The third-order valence-corrected chi connectivity index (χ3v) is 5.70. The van der Waals surface area contributed by atoms with E-state index in [2.05, 4.69) is 10.3 Å². The molecule has 1 fully saturated rings. The summed E-state index contributed by atoms with van der Waals surface area (Å²) in [7, 11) is -0.647. The number of carbonyl (C=O) groups is 1. The molecule has 0 radical (unpaired) electrons. The van der Waals surface area contributed by atoms with Crippen molar-refractivity contribution in [3.8, 4) is 0 Å². The number of ether oxygens (including phenoxy) is 1. The van der Waals surface area contributed by atoms with Crippen LogP contribution in [-0.2, 0) is 20.7 Å². The summed E-state index contributed by atoms with van der Waals surface area (Å²) < 4.78 is 17.6. The molecule has 3 rings (SSSR count). The first-order valence-electron chi connectivity index (χ1n) is 10.3. The lowest BCUT2D eigenvalue weighted by atomic mass is 9.77. The number of H-pyrrole nitrogens is 1. The highest BCUT2D eigenvalue weighted by molar-refractivity contribution is 6.56.